The van der Waals surface area contributed by atoms with Crippen LogP contribution in [-0.2, 0) is 0 Å². The fourth-order valence-corrected chi connectivity index (χ4v) is 2.79. The van der Waals surface area contributed by atoms with Crippen LogP contribution in [-0.4, -0.2) is 41.9 Å². The maximum atomic E-state index is 9.23. The molecule has 1 aromatic heterocycles. The lowest BCUT2D eigenvalue weighted by Crippen LogP contribution is -2.35. The van der Waals surface area contributed by atoms with Gasteiger partial charge in [-0.05, 0) is 30.9 Å². The molecule has 1 aliphatic rings. The quantitative estimate of drug-likeness (QED) is 0.924. The summed E-state index contributed by atoms with van der Waals surface area (Å²) in [6.45, 7) is 2.13. The average molecular weight is 273 g/mol. The molecule has 20 heavy (non-hydrogen) atoms. The normalized spacial score (nSPS) is 16.6. The number of fused-ring (bicyclic) bond motifs is 1. The predicted octanol–water partition coefficient (Wildman–Crippen LogP) is 1.85. The number of ether oxygens (including phenoxy) is 1. The van der Waals surface area contributed by atoms with Gasteiger partial charge in [0.2, 0.25) is 0 Å². The second kappa shape index (κ2) is 5.63. The van der Waals surface area contributed by atoms with E-state index < -0.39 is 0 Å². The third-order valence-corrected chi connectivity index (χ3v) is 4.00. The molecular weight excluding hydrogens is 254 g/mol. The summed E-state index contributed by atoms with van der Waals surface area (Å²) < 4.78 is 5.36. The summed E-state index contributed by atoms with van der Waals surface area (Å²) in [5, 5.41) is 10.2. The lowest BCUT2D eigenvalue weighted by Gasteiger charge is -2.32. The second-order valence-corrected chi connectivity index (χ2v) is 5.17. The molecule has 5 heteroatoms. The topological polar surface area (TPSA) is 58.5 Å². The van der Waals surface area contributed by atoms with Gasteiger partial charge < -0.3 is 14.7 Å². The predicted molar refractivity (Wildman–Crippen MR) is 78.1 cm³/mol. The Labute approximate surface area is 118 Å². The van der Waals surface area contributed by atoms with E-state index in [-0.39, 0.29) is 6.61 Å². The Morgan fingerprint density at radius 2 is 2.10 bits per heavy atom. The number of benzene rings is 1. The molecule has 0 amide bonds. The molecule has 1 aliphatic heterocycles. The molecule has 1 N–H and O–H groups in total. The molecule has 0 unspecified atom stereocenters. The highest BCUT2D eigenvalue weighted by atomic mass is 16.5. The Hall–Kier alpha value is -1.88. The minimum atomic E-state index is 0.284. The first-order chi connectivity index (χ1) is 9.83. The lowest BCUT2D eigenvalue weighted by molar-refractivity contribution is 0.203. The molecular formula is C15H19N3O2. The molecule has 1 fully saturated rings. The first-order valence-corrected chi connectivity index (χ1v) is 6.97. The van der Waals surface area contributed by atoms with Gasteiger partial charge in [-0.2, -0.15) is 0 Å². The molecule has 0 atom stereocenters. The van der Waals surface area contributed by atoms with Crippen LogP contribution in [0, 0.1) is 5.92 Å². The number of aliphatic hydroxyl groups is 1. The molecule has 2 heterocycles. The van der Waals surface area contributed by atoms with E-state index in [2.05, 4.69) is 14.9 Å². The van der Waals surface area contributed by atoms with Crippen molar-refractivity contribution in [1.82, 2.24) is 9.97 Å². The van der Waals surface area contributed by atoms with Gasteiger partial charge in [-0.25, -0.2) is 9.97 Å². The Morgan fingerprint density at radius 3 is 2.80 bits per heavy atom. The van der Waals surface area contributed by atoms with Gasteiger partial charge in [-0.3, -0.25) is 0 Å². The number of methoxy groups -OCH3 is 1. The summed E-state index contributed by atoms with van der Waals surface area (Å²) in [6, 6.07) is 5.91. The summed E-state index contributed by atoms with van der Waals surface area (Å²) >= 11 is 0. The fourth-order valence-electron chi connectivity index (χ4n) is 2.79. The largest absolute Gasteiger partial charge is 0.494 e. The van der Waals surface area contributed by atoms with Crippen LogP contribution in [0.5, 0.6) is 5.75 Å². The summed E-state index contributed by atoms with van der Waals surface area (Å²) in [4.78, 5) is 11.1. The van der Waals surface area contributed by atoms with E-state index >= 15 is 0 Å². The Morgan fingerprint density at radius 1 is 1.30 bits per heavy atom. The Bertz CT molecular complexity index is 595. The molecule has 0 radical (unpaired) electrons. The highest BCUT2D eigenvalue weighted by Crippen LogP contribution is 2.31. The molecule has 5 nitrogen and oxygen atoms in total. The van der Waals surface area contributed by atoms with Gasteiger partial charge in [0.1, 0.15) is 23.4 Å². The average Bonchev–Trinajstić information content (AvgIpc) is 2.54. The van der Waals surface area contributed by atoms with Crippen molar-refractivity contribution in [3.8, 4) is 5.75 Å². The maximum absolute atomic E-state index is 9.23. The van der Waals surface area contributed by atoms with Crippen LogP contribution in [0.2, 0.25) is 0 Å². The maximum Gasteiger partial charge on any atom is 0.145 e. The summed E-state index contributed by atoms with van der Waals surface area (Å²) in [7, 11) is 1.66. The van der Waals surface area contributed by atoms with Crippen molar-refractivity contribution in [1.29, 1.82) is 0 Å². The van der Waals surface area contributed by atoms with Gasteiger partial charge in [0.15, 0.2) is 0 Å². The third kappa shape index (κ3) is 2.29. The van der Waals surface area contributed by atoms with E-state index in [1.165, 1.54) is 0 Å². The number of nitrogens with zero attached hydrogens (tertiary/aromatic N) is 3. The zero-order valence-corrected chi connectivity index (χ0v) is 11.6. The van der Waals surface area contributed by atoms with Crippen LogP contribution in [0.1, 0.15) is 12.8 Å². The number of aromatic nitrogens is 2. The molecule has 1 saturated heterocycles. The van der Waals surface area contributed by atoms with E-state index in [1.54, 1.807) is 13.4 Å². The van der Waals surface area contributed by atoms with Crippen LogP contribution in [0.3, 0.4) is 0 Å². The van der Waals surface area contributed by atoms with Crippen molar-refractivity contribution in [3.05, 3.63) is 24.5 Å². The molecule has 1 aromatic carbocycles. The van der Waals surface area contributed by atoms with Gasteiger partial charge >= 0.3 is 0 Å². The fraction of sp³-hybridized carbons (Fsp3) is 0.467. The SMILES string of the molecule is COc1cccc2c(N3CCC(CO)CC3)ncnc12. The number of hydrogen-bond donors (Lipinski definition) is 1. The monoisotopic (exact) mass is 273 g/mol. The minimum absolute atomic E-state index is 0.284. The van der Waals surface area contributed by atoms with Crippen molar-refractivity contribution in [2.45, 2.75) is 12.8 Å². The minimum Gasteiger partial charge on any atom is -0.494 e. The number of rotatable bonds is 3. The van der Waals surface area contributed by atoms with Gasteiger partial charge in [0, 0.05) is 25.1 Å². The summed E-state index contributed by atoms with van der Waals surface area (Å²) in [6.07, 6.45) is 3.61. The molecule has 2 aromatic rings. The number of para-hydroxylation sites is 1. The highest BCUT2D eigenvalue weighted by molar-refractivity contribution is 5.93. The molecule has 0 saturated carbocycles. The third-order valence-electron chi connectivity index (χ3n) is 4.00. The van der Waals surface area contributed by atoms with Gasteiger partial charge in [0.05, 0.1) is 7.11 Å². The van der Waals surface area contributed by atoms with Crippen molar-refractivity contribution >= 4 is 16.7 Å². The first-order valence-electron chi connectivity index (χ1n) is 6.97. The van der Waals surface area contributed by atoms with E-state index in [9.17, 15) is 5.11 Å². The lowest BCUT2D eigenvalue weighted by atomic mass is 9.98. The molecule has 0 aliphatic carbocycles. The first kappa shape index (κ1) is 13.1. The van der Waals surface area contributed by atoms with Crippen LogP contribution in [0.25, 0.3) is 10.9 Å². The van der Waals surface area contributed by atoms with Crippen LogP contribution in [0.15, 0.2) is 24.5 Å². The van der Waals surface area contributed by atoms with E-state index in [0.717, 1.165) is 48.4 Å². The Kier molecular flexibility index (Phi) is 3.69. The number of hydrogen-bond acceptors (Lipinski definition) is 5. The van der Waals surface area contributed by atoms with Crippen molar-refractivity contribution < 1.29 is 9.84 Å². The van der Waals surface area contributed by atoms with Crippen LogP contribution in [0.4, 0.5) is 5.82 Å². The van der Waals surface area contributed by atoms with Crippen LogP contribution >= 0.6 is 0 Å². The standard InChI is InChI=1S/C15H19N3O2/c1-20-13-4-2-3-12-14(13)16-10-17-15(12)18-7-5-11(9-19)6-8-18/h2-4,10-11,19H,5-9H2,1H3. The second-order valence-electron chi connectivity index (χ2n) is 5.17. The molecule has 0 bridgehead atoms. The molecule has 0 spiro atoms. The highest BCUT2D eigenvalue weighted by Gasteiger charge is 2.21. The summed E-state index contributed by atoms with van der Waals surface area (Å²) in [5.74, 6) is 2.16. The molecule has 106 valence electrons. The Balaban J connectivity index is 1.96. The van der Waals surface area contributed by atoms with Crippen molar-refractivity contribution in [2.24, 2.45) is 5.92 Å². The number of anilines is 1. The van der Waals surface area contributed by atoms with Crippen molar-refractivity contribution in [2.75, 3.05) is 31.7 Å². The van der Waals surface area contributed by atoms with Gasteiger partial charge in [0.25, 0.3) is 0 Å². The van der Waals surface area contributed by atoms with Crippen molar-refractivity contribution in [3.63, 3.8) is 0 Å². The molecule has 3 rings (SSSR count). The zero-order chi connectivity index (χ0) is 13.9. The van der Waals surface area contributed by atoms with E-state index in [4.69, 9.17) is 4.74 Å². The zero-order valence-electron chi connectivity index (χ0n) is 11.6. The van der Waals surface area contributed by atoms with E-state index in [0.29, 0.717) is 5.92 Å². The smallest absolute Gasteiger partial charge is 0.145 e. The van der Waals surface area contributed by atoms with Gasteiger partial charge in [-0.15, -0.1) is 0 Å². The van der Waals surface area contributed by atoms with E-state index in [1.807, 2.05) is 18.2 Å². The summed E-state index contributed by atoms with van der Waals surface area (Å²) in [5.41, 5.74) is 0.851. The van der Waals surface area contributed by atoms with Gasteiger partial charge in [-0.1, -0.05) is 6.07 Å². The number of aliphatic hydroxyl groups excluding tert-OH is 1. The number of piperidine rings is 1. The van der Waals surface area contributed by atoms with Crippen LogP contribution < -0.4 is 9.64 Å².